The summed E-state index contributed by atoms with van der Waals surface area (Å²) < 4.78 is 0. The number of aromatic amines is 1. The van der Waals surface area contributed by atoms with Crippen molar-refractivity contribution in [2.45, 2.75) is 44.2 Å². The predicted molar refractivity (Wildman–Crippen MR) is 96.6 cm³/mol. The van der Waals surface area contributed by atoms with Crippen LogP contribution in [0.5, 0.6) is 0 Å². The second kappa shape index (κ2) is 6.59. The lowest BCUT2D eigenvalue weighted by Crippen LogP contribution is -2.33. The zero-order valence-electron chi connectivity index (χ0n) is 13.5. The SMILES string of the molecule is c1ccc(CNC2CCCC(c3c[nH]c4ccccc34)C2)cc1. The minimum Gasteiger partial charge on any atom is -0.361 e. The van der Waals surface area contributed by atoms with Crippen molar-refractivity contribution < 1.29 is 0 Å². The molecule has 1 saturated carbocycles. The van der Waals surface area contributed by atoms with Crippen molar-refractivity contribution in [3.8, 4) is 0 Å². The molecule has 2 heteroatoms. The van der Waals surface area contributed by atoms with Crippen LogP contribution < -0.4 is 5.32 Å². The standard InChI is InChI=1S/C21H24N2/c1-2-7-16(8-3-1)14-22-18-10-6-9-17(13-18)20-15-23-21-12-5-4-11-19(20)21/h1-5,7-8,11-12,15,17-18,22-23H,6,9-10,13-14H2. The zero-order chi connectivity index (χ0) is 15.5. The summed E-state index contributed by atoms with van der Waals surface area (Å²) >= 11 is 0. The quantitative estimate of drug-likeness (QED) is 0.698. The summed E-state index contributed by atoms with van der Waals surface area (Å²) in [6.45, 7) is 0.978. The highest BCUT2D eigenvalue weighted by Crippen LogP contribution is 2.36. The van der Waals surface area contributed by atoms with E-state index in [4.69, 9.17) is 0 Å². The predicted octanol–water partition coefficient (Wildman–Crippen LogP) is 4.98. The van der Waals surface area contributed by atoms with Crippen LogP contribution in [0.4, 0.5) is 0 Å². The van der Waals surface area contributed by atoms with Gasteiger partial charge in [-0.1, -0.05) is 55.0 Å². The molecule has 0 amide bonds. The fourth-order valence-electron chi connectivity index (χ4n) is 3.95. The van der Waals surface area contributed by atoms with E-state index in [1.54, 1.807) is 0 Å². The summed E-state index contributed by atoms with van der Waals surface area (Å²) in [7, 11) is 0. The van der Waals surface area contributed by atoms with E-state index in [1.165, 1.54) is 47.7 Å². The van der Waals surface area contributed by atoms with Crippen molar-refractivity contribution in [3.63, 3.8) is 0 Å². The summed E-state index contributed by atoms with van der Waals surface area (Å²) in [6.07, 6.45) is 7.40. The van der Waals surface area contributed by atoms with Gasteiger partial charge in [0.25, 0.3) is 0 Å². The van der Waals surface area contributed by atoms with Crippen molar-refractivity contribution >= 4 is 10.9 Å². The van der Waals surface area contributed by atoms with E-state index < -0.39 is 0 Å². The first-order valence-corrected chi connectivity index (χ1v) is 8.73. The number of nitrogens with one attached hydrogen (secondary N) is 2. The number of hydrogen-bond acceptors (Lipinski definition) is 1. The topological polar surface area (TPSA) is 27.8 Å². The Morgan fingerprint density at radius 2 is 1.78 bits per heavy atom. The van der Waals surface area contributed by atoms with Crippen LogP contribution in [0.25, 0.3) is 10.9 Å². The first-order chi connectivity index (χ1) is 11.4. The molecular formula is C21H24N2. The minimum absolute atomic E-state index is 0.627. The zero-order valence-corrected chi connectivity index (χ0v) is 13.5. The average molecular weight is 304 g/mol. The number of fused-ring (bicyclic) bond motifs is 1. The van der Waals surface area contributed by atoms with Gasteiger partial charge in [0.15, 0.2) is 0 Å². The number of rotatable bonds is 4. The number of aromatic nitrogens is 1. The van der Waals surface area contributed by atoms with E-state index in [-0.39, 0.29) is 0 Å². The lowest BCUT2D eigenvalue weighted by Gasteiger charge is -2.30. The van der Waals surface area contributed by atoms with Crippen LogP contribution in [0.2, 0.25) is 0 Å². The molecule has 1 aliphatic carbocycles. The maximum absolute atomic E-state index is 3.77. The van der Waals surface area contributed by atoms with Crippen LogP contribution >= 0.6 is 0 Å². The highest BCUT2D eigenvalue weighted by atomic mass is 14.9. The van der Waals surface area contributed by atoms with Crippen LogP contribution in [0.3, 0.4) is 0 Å². The largest absolute Gasteiger partial charge is 0.361 e. The summed E-state index contributed by atoms with van der Waals surface area (Å²) in [5, 5.41) is 5.17. The average Bonchev–Trinajstić information content (AvgIpc) is 3.05. The summed E-state index contributed by atoms with van der Waals surface area (Å²) in [6, 6.07) is 20.0. The van der Waals surface area contributed by atoms with Gasteiger partial charge in [-0.3, -0.25) is 0 Å². The molecule has 0 bridgehead atoms. The van der Waals surface area contributed by atoms with Crippen molar-refractivity contribution in [2.75, 3.05) is 0 Å². The Hall–Kier alpha value is -2.06. The highest BCUT2D eigenvalue weighted by molar-refractivity contribution is 5.83. The molecule has 118 valence electrons. The van der Waals surface area contributed by atoms with Gasteiger partial charge in [0.2, 0.25) is 0 Å². The van der Waals surface area contributed by atoms with E-state index in [2.05, 4.69) is 71.1 Å². The highest BCUT2D eigenvalue weighted by Gasteiger charge is 2.24. The van der Waals surface area contributed by atoms with Crippen LogP contribution in [-0.2, 0) is 6.54 Å². The first-order valence-electron chi connectivity index (χ1n) is 8.73. The monoisotopic (exact) mass is 304 g/mol. The molecule has 0 spiro atoms. The molecular weight excluding hydrogens is 280 g/mol. The summed E-state index contributed by atoms with van der Waals surface area (Å²) in [4.78, 5) is 3.44. The Bertz CT molecular complexity index is 760. The molecule has 2 N–H and O–H groups in total. The number of para-hydroxylation sites is 1. The normalized spacial score (nSPS) is 21.6. The number of hydrogen-bond donors (Lipinski definition) is 2. The van der Waals surface area contributed by atoms with E-state index in [1.807, 2.05) is 0 Å². The second-order valence-corrected chi connectivity index (χ2v) is 6.72. The smallest absolute Gasteiger partial charge is 0.0456 e. The maximum Gasteiger partial charge on any atom is 0.0456 e. The van der Waals surface area contributed by atoms with E-state index >= 15 is 0 Å². The van der Waals surface area contributed by atoms with Crippen LogP contribution in [0, 0.1) is 0 Å². The minimum atomic E-state index is 0.627. The van der Waals surface area contributed by atoms with Gasteiger partial charge in [-0.05, 0) is 42.4 Å². The molecule has 23 heavy (non-hydrogen) atoms. The Balaban J connectivity index is 1.45. The maximum atomic E-state index is 3.77. The van der Waals surface area contributed by atoms with Crippen LogP contribution in [0.1, 0.15) is 42.7 Å². The molecule has 2 unspecified atom stereocenters. The summed E-state index contributed by atoms with van der Waals surface area (Å²) in [5.41, 5.74) is 4.15. The lowest BCUT2D eigenvalue weighted by atomic mass is 9.81. The molecule has 0 radical (unpaired) electrons. The third-order valence-corrected chi connectivity index (χ3v) is 5.17. The van der Waals surface area contributed by atoms with Gasteiger partial charge in [-0.25, -0.2) is 0 Å². The van der Waals surface area contributed by atoms with E-state index in [0.717, 1.165) is 6.54 Å². The van der Waals surface area contributed by atoms with Crippen molar-refractivity contribution in [1.29, 1.82) is 0 Å². The van der Waals surface area contributed by atoms with Gasteiger partial charge in [-0.15, -0.1) is 0 Å². The molecule has 1 heterocycles. The van der Waals surface area contributed by atoms with Gasteiger partial charge >= 0.3 is 0 Å². The molecule has 0 saturated heterocycles. The fourth-order valence-corrected chi connectivity index (χ4v) is 3.95. The first kappa shape index (κ1) is 14.5. The van der Waals surface area contributed by atoms with Gasteiger partial charge in [0, 0.05) is 29.7 Å². The van der Waals surface area contributed by atoms with Gasteiger partial charge < -0.3 is 10.3 Å². The fraction of sp³-hybridized carbons (Fsp3) is 0.333. The van der Waals surface area contributed by atoms with Gasteiger partial charge in [0.05, 0.1) is 0 Å². The molecule has 3 aromatic rings. The van der Waals surface area contributed by atoms with Gasteiger partial charge in [-0.2, -0.15) is 0 Å². The van der Waals surface area contributed by atoms with E-state index in [0.29, 0.717) is 12.0 Å². The molecule has 0 aliphatic heterocycles. The third-order valence-electron chi connectivity index (χ3n) is 5.17. The lowest BCUT2D eigenvalue weighted by molar-refractivity contribution is 0.339. The molecule has 1 aliphatic rings. The molecule has 1 fully saturated rings. The van der Waals surface area contributed by atoms with Crippen molar-refractivity contribution in [3.05, 3.63) is 71.9 Å². The summed E-state index contributed by atoms with van der Waals surface area (Å²) in [5.74, 6) is 0.674. The molecule has 4 rings (SSSR count). The molecule has 2 atom stereocenters. The Morgan fingerprint density at radius 1 is 0.957 bits per heavy atom. The molecule has 2 nitrogen and oxygen atoms in total. The Kier molecular flexibility index (Phi) is 4.16. The third kappa shape index (κ3) is 3.18. The number of benzene rings is 2. The Morgan fingerprint density at radius 3 is 2.70 bits per heavy atom. The van der Waals surface area contributed by atoms with Crippen LogP contribution in [-0.4, -0.2) is 11.0 Å². The van der Waals surface area contributed by atoms with E-state index in [9.17, 15) is 0 Å². The Labute approximate surface area is 137 Å². The number of H-pyrrole nitrogens is 1. The van der Waals surface area contributed by atoms with Crippen molar-refractivity contribution in [1.82, 2.24) is 10.3 Å². The second-order valence-electron chi connectivity index (χ2n) is 6.72. The van der Waals surface area contributed by atoms with Crippen molar-refractivity contribution in [2.24, 2.45) is 0 Å². The van der Waals surface area contributed by atoms with Crippen LogP contribution in [0.15, 0.2) is 60.8 Å². The molecule has 1 aromatic heterocycles. The van der Waals surface area contributed by atoms with Gasteiger partial charge in [0.1, 0.15) is 0 Å². The molecule has 2 aromatic carbocycles.